The number of pyridine rings is 1. The van der Waals surface area contributed by atoms with Crippen LogP contribution >= 0.6 is 0 Å². The molecule has 1 fully saturated rings. The minimum absolute atomic E-state index is 0.239. The Morgan fingerprint density at radius 2 is 1.87 bits per heavy atom. The quantitative estimate of drug-likeness (QED) is 0.511. The van der Waals surface area contributed by atoms with Crippen molar-refractivity contribution in [2.75, 3.05) is 0 Å². The highest BCUT2D eigenvalue weighted by atomic mass is 16.6. The predicted octanol–water partition coefficient (Wildman–Crippen LogP) is 4.14. The molecule has 0 atom stereocenters. The summed E-state index contributed by atoms with van der Waals surface area (Å²) in [5.74, 6) is 0.920. The Labute approximate surface area is 172 Å². The Bertz CT molecular complexity index is 1260. The van der Waals surface area contributed by atoms with Crippen molar-refractivity contribution in [2.45, 2.75) is 37.2 Å². The van der Waals surface area contributed by atoms with E-state index in [0.717, 1.165) is 48.3 Å². The van der Waals surface area contributed by atoms with Crippen LogP contribution in [-0.4, -0.2) is 30.9 Å². The number of hydrogen-bond acceptors (Lipinski definition) is 6. The second kappa shape index (κ2) is 6.45. The molecule has 3 aromatic heterocycles. The molecule has 4 aromatic rings. The van der Waals surface area contributed by atoms with E-state index >= 15 is 0 Å². The van der Waals surface area contributed by atoms with Gasteiger partial charge in [0.2, 0.25) is 0 Å². The molecule has 1 spiro atoms. The summed E-state index contributed by atoms with van der Waals surface area (Å²) in [7, 11) is 0. The average molecular weight is 397 g/mol. The first-order valence-electron chi connectivity index (χ1n) is 10.2. The Kier molecular flexibility index (Phi) is 3.71. The fourth-order valence-corrected chi connectivity index (χ4v) is 4.70. The standard InChI is InChI=1S/C23H19N5O2/c29-22-16-8-11-24-12-17(16)23(30-22)9-6-15(7-10-23)19-27-20-21(28-19)26-18(13-25-20)14-4-2-1-3-5-14/h1-5,8,11-13,15H,6-7,9-10H2,(H,25,26,27,28). The second-order valence-electron chi connectivity index (χ2n) is 7.99. The highest BCUT2D eigenvalue weighted by Gasteiger charge is 2.48. The fourth-order valence-electron chi connectivity index (χ4n) is 4.70. The van der Waals surface area contributed by atoms with E-state index in [1.54, 1.807) is 24.7 Å². The predicted molar refractivity (Wildman–Crippen MR) is 110 cm³/mol. The summed E-state index contributed by atoms with van der Waals surface area (Å²) in [6, 6.07) is 11.7. The third-order valence-corrected chi connectivity index (χ3v) is 6.30. The molecule has 0 bridgehead atoms. The van der Waals surface area contributed by atoms with Gasteiger partial charge < -0.3 is 9.72 Å². The van der Waals surface area contributed by atoms with Crippen molar-refractivity contribution in [3.05, 3.63) is 71.9 Å². The summed E-state index contributed by atoms with van der Waals surface area (Å²) in [4.78, 5) is 33.8. The number of H-pyrrole nitrogens is 1. The van der Waals surface area contributed by atoms with Crippen LogP contribution in [0.2, 0.25) is 0 Å². The van der Waals surface area contributed by atoms with Gasteiger partial charge in [-0.1, -0.05) is 30.3 Å². The number of carbonyl (C=O) groups is 1. The molecule has 2 aliphatic rings. The minimum atomic E-state index is -0.541. The van der Waals surface area contributed by atoms with Gasteiger partial charge in [0.1, 0.15) is 11.4 Å². The second-order valence-corrected chi connectivity index (χ2v) is 7.99. The number of fused-ring (bicyclic) bond motifs is 3. The Morgan fingerprint density at radius 1 is 1.03 bits per heavy atom. The van der Waals surface area contributed by atoms with Crippen molar-refractivity contribution in [2.24, 2.45) is 0 Å². The van der Waals surface area contributed by atoms with Gasteiger partial charge in [0.05, 0.1) is 17.5 Å². The average Bonchev–Trinajstić information content (AvgIpc) is 3.34. The largest absolute Gasteiger partial charge is 0.450 e. The van der Waals surface area contributed by atoms with Gasteiger partial charge in [-0.3, -0.25) is 4.98 Å². The Balaban J connectivity index is 1.26. The fraction of sp³-hybridized carbons (Fsp3) is 0.261. The maximum absolute atomic E-state index is 12.3. The van der Waals surface area contributed by atoms with E-state index in [0.29, 0.717) is 16.9 Å². The smallest absolute Gasteiger partial charge is 0.339 e. The van der Waals surface area contributed by atoms with Crippen molar-refractivity contribution < 1.29 is 9.53 Å². The Morgan fingerprint density at radius 3 is 2.70 bits per heavy atom. The van der Waals surface area contributed by atoms with Gasteiger partial charge >= 0.3 is 5.97 Å². The summed E-state index contributed by atoms with van der Waals surface area (Å²) in [6.07, 6.45) is 8.44. The van der Waals surface area contributed by atoms with Gasteiger partial charge in [-0.25, -0.2) is 19.7 Å². The molecule has 30 heavy (non-hydrogen) atoms. The van der Waals surface area contributed by atoms with E-state index < -0.39 is 5.60 Å². The Hall–Kier alpha value is -3.61. The number of carbonyl (C=O) groups excluding carboxylic acids is 1. The molecule has 0 radical (unpaired) electrons. The SMILES string of the molecule is O=C1OC2(CCC(c3nc4ncc(-c5ccccc5)nc4[nH]3)CC2)c2cnccc21. The molecular weight excluding hydrogens is 378 g/mol. The van der Waals surface area contributed by atoms with Crippen molar-refractivity contribution in [3.63, 3.8) is 0 Å². The molecule has 0 saturated heterocycles. The van der Waals surface area contributed by atoms with Crippen molar-refractivity contribution >= 4 is 17.3 Å². The third kappa shape index (κ3) is 2.62. The maximum Gasteiger partial charge on any atom is 0.339 e. The first kappa shape index (κ1) is 17.3. The highest BCUT2D eigenvalue weighted by Crippen LogP contribution is 2.49. The molecule has 0 amide bonds. The summed E-state index contributed by atoms with van der Waals surface area (Å²) < 4.78 is 5.83. The molecule has 148 valence electrons. The molecule has 1 saturated carbocycles. The van der Waals surface area contributed by atoms with Gasteiger partial charge in [-0.2, -0.15) is 0 Å². The zero-order chi connectivity index (χ0) is 20.1. The monoisotopic (exact) mass is 397 g/mol. The molecule has 7 heteroatoms. The lowest BCUT2D eigenvalue weighted by molar-refractivity contribution is -0.0313. The number of aromatic nitrogens is 5. The number of imidazole rings is 1. The van der Waals surface area contributed by atoms with Crippen LogP contribution in [0, 0.1) is 0 Å². The number of ether oxygens (including phenoxy) is 1. The van der Waals surface area contributed by atoms with Crippen LogP contribution in [0.3, 0.4) is 0 Å². The number of rotatable bonds is 2. The first-order valence-corrected chi connectivity index (χ1v) is 10.2. The van der Waals surface area contributed by atoms with Gasteiger partial charge in [0.15, 0.2) is 11.3 Å². The van der Waals surface area contributed by atoms with Crippen LogP contribution in [0.1, 0.15) is 53.3 Å². The summed E-state index contributed by atoms with van der Waals surface area (Å²) >= 11 is 0. The van der Waals surface area contributed by atoms with Gasteiger partial charge in [-0.15, -0.1) is 0 Å². The number of hydrogen-bond donors (Lipinski definition) is 1. The summed E-state index contributed by atoms with van der Waals surface area (Å²) in [5.41, 5.74) is 4.21. The number of esters is 1. The minimum Gasteiger partial charge on any atom is -0.450 e. The third-order valence-electron chi connectivity index (χ3n) is 6.30. The lowest BCUT2D eigenvalue weighted by Crippen LogP contribution is -2.31. The molecular formula is C23H19N5O2. The summed E-state index contributed by atoms with van der Waals surface area (Å²) in [5, 5.41) is 0. The van der Waals surface area contributed by atoms with Crippen molar-refractivity contribution in [1.29, 1.82) is 0 Å². The summed E-state index contributed by atoms with van der Waals surface area (Å²) in [6.45, 7) is 0. The van der Waals surface area contributed by atoms with Crippen LogP contribution in [-0.2, 0) is 10.3 Å². The van der Waals surface area contributed by atoms with Gasteiger partial charge in [0, 0.05) is 29.4 Å². The molecule has 7 nitrogen and oxygen atoms in total. The zero-order valence-corrected chi connectivity index (χ0v) is 16.2. The van der Waals surface area contributed by atoms with E-state index in [4.69, 9.17) is 14.7 Å². The van der Waals surface area contributed by atoms with Gasteiger partial charge in [-0.05, 0) is 31.7 Å². The maximum atomic E-state index is 12.3. The van der Waals surface area contributed by atoms with Crippen LogP contribution < -0.4 is 0 Å². The molecule has 4 heterocycles. The van der Waals surface area contributed by atoms with Crippen LogP contribution in [0.5, 0.6) is 0 Å². The number of nitrogens with one attached hydrogen (secondary N) is 1. The van der Waals surface area contributed by atoms with Crippen molar-refractivity contribution in [1.82, 2.24) is 24.9 Å². The van der Waals surface area contributed by atoms with Gasteiger partial charge in [0.25, 0.3) is 0 Å². The molecule has 1 aliphatic heterocycles. The van der Waals surface area contributed by atoms with E-state index in [1.165, 1.54) is 0 Å². The normalized spacial score (nSPS) is 22.9. The van der Waals surface area contributed by atoms with Crippen LogP contribution in [0.4, 0.5) is 0 Å². The molecule has 1 N–H and O–H groups in total. The van der Waals surface area contributed by atoms with Crippen molar-refractivity contribution in [3.8, 4) is 11.3 Å². The lowest BCUT2D eigenvalue weighted by Gasteiger charge is -2.35. The topological polar surface area (TPSA) is 93.6 Å². The van der Waals surface area contributed by atoms with E-state index in [-0.39, 0.29) is 11.9 Å². The number of aromatic amines is 1. The number of benzene rings is 1. The highest BCUT2D eigenvalue weighted by molar-refractivity contribution is 5.94. The van der Waals surface area contributed by atoms with E-state index in [9.17, 15) is 4.79 Å². The van der Waals surface area contributed by atoms with Crippen LogP contribution in [0.25, 0.3) is 22.6 Å². The molecule has 6 rings (SSSR count). The molecule has 0 unspecified atom stereocenters. The first-order chi connectivity index (χ1) is 14.7. The van der Waals surface area contributed by atoms with E-state index in [1.807, 2.05) is 30.3 Å². The molecule has 1 aromatic carbocycles. The zero-order valence-electron chi connectivity index (χ0n) is 16.2. The lowest BCUT2D eigenvalue weighted by atomic mass is 9.75. The molecule has 1 aliphatic carbocycles. The van der Waals surface area contributed by atoms with Crippen LogP contribution in [0.15, 0.2) is 55.0 Å². The van der Waals surface area contributed by atoms with E-state index in [2.05, 4.69) is 15.0 Å². The number of nitrogens with zero attached hydrogens (tertiary/aromatic N) is 4.